The number of carbonyl (C=O) groups is 1. The molecule has 0 spiro atoms. The minimum atomic E-state index is -0.212. The van der Waals surface area contributed by atoms with Crippen LogP contribution >= 0.6 is 11.3 Å². The van der Waals surface area contributed by atoms with Crippen molar-refractivity contribution < 1.29 is 11.0 Å². The van der Waals surface area contributed by atoms with E-state index in [2.05, 4.69) is 54.3 Å². The van der Waals surface area contributed by atoms with Crippen LogP contribution in [0, 0.1) is 5.92 Å². The Balaban J connectivity index is 0.00000462. The highest BCUT2D eigenvalue weighted by molar-refractivity contribution is 7.17. The maximum atomic E-state index is 13.3. The second-order valence-corrected chi connectivity index (χ2v) is 14.3. The molecule has 3 N–H and O–H groups in total. The van der Waals surface area contributed by atoms with E-state index in [0.29, 0.717) is 30.0 Å². The third-order valence-electron chi connectivity index (χ3n) is 7.66. The van der Waals surface area contributed by atoms with E-state index < -0.39 is 0 Å². The number of amidine groups is 1. The van der Waals surface area contributed by atoms with Gasteiger partial charge in [0.05, 0.1) is 16.1 Å². The summed E-state index contributed by atoms with van der Waals surface area (Å²) in [5.74, 6) is 0.996. The molecular formula is C32H49N5O2S. The molecule has 1 saturated heterocycles. The van der Waals surface area contributed by atoms with Gasteiger partial charge < -0.3 is 15.8 Å². The number of nitrogens with zero attached hydrogens (tertiary/aromatic N) is 3. The lowest BCUT2D eigenvalue weighted by Gasteiger charge is -2.24. The molecule has 0 unspecified atom stereocenters. The van der Waals surface area contributed by atoms with Crippen molar-refractivity contribution in [2.45, 2.75) is 110 Å². The summed E-state index contributed by atoms with van der Waals surface area (Å²) in [6, 6.07) is 6.53. The number of hydrogen-bond donors (Lipinski definition) is 2. The van der Waals surface area contributed by atoms with Gasteiger partial charge in [-0.3, -0.25) is 9.79 Å². The largest absolute Gasteiger partial charge is 0.383 e. The molecule has 1 aliphatic heterocycles. The number of rotatable bonds is 7. The molecule has 1 aromatic heterocycles. The minimum Gasteiger partial charge on any atom is -0.383 e. The Morgan fingerprint density at radius 1 is 1.12 bits per heavy atom. The number of benzene rings is 1. The van der Waals surface area contributed by atoms with Gasteiger partial charge in [-0.05, 0) is 68.6 Å². The summed E-state index contributed by atoms with van der Waals surface area (Å²) < 4.78 is 5.47. The van der Waals surface area contributed by atoms with Crippen molar-refractivity contribution in [3.63, 3.8) is 0 Å². The summed E-state index contributed by atoms with van der Waals surface area (Å²) in [6.07, 6.45) is 10.5. The van der Waals surface area contributed by atoms with Gasteiger partial charge in [0, 0.05) is 26.2 Å². The smallest absolute Gasteiger partial charge is 0.280 e. The molecule has 4 rings (SSSR count). The lowest BCUT2D eigenvalue weighted by Crippen LogP contribution is -2.38. The Morgan fingerprint density at radius 3 is 2.48 bits per heavy atom. The molecule has 1 aliphatic carbocycles. The molecule has 2 aromatic rings. The molecule has 1 amide bonds. The molecule has 220 valence electrons. The lowest BCUT2D eigenvalue weighted by molar-refractivity contribution is 0.0696. The topological polar surface area (TPSA) is 102 Å². The van der Waals surface area contributed by atoms with E-state index in [1.165, 1.54) is 43.4 Å². The van der Waals surface area contributed by atoms with Crippen molar-refractivity contribution in [3.05, 3.63) is 40.0 Å². The average molecular weight is 568 g/mol. The van der Waals surface area contributed by atoms with Crippen molar-refractivity contribution in [1.82, 2.24) is 10.3 Å². The van der Waals surface area contributed by atoms with Gasteiger partial charge in [-0.1, -0.05) is 65.0 Å². The van der Waals surface area contributed by atoms with Gasteiger partial charge in [-0.25, -0.2) is 9.98 Å². The van der Waals surface area contributed by atoms with Gasteiger partial charge in [0.1, 0.15) is 12.2 Å². The lowest BCUT2D eigenvalue weighted by atomic mass is 9.82. The fraction of sp³-hybridized carbons (Fsp3) is 0.625. The Morgan fingerprint density at radius 2 is 1.82 bits per heavy atom. The Labute approximate surface area is 245 Å². The van der Waals surface area contributed by atoms with Crippen LogP contribution in [0.5, 0.6) is 0 Å². The van der Waals surface area contributed by atoms with E-state index in [0.717, 1.165) is 46.5 Å². The number of ether oxygens (including phenoxy) is 1. The Kier molecular flexibility index (Phi) is 9.83. The number of amides is 1. The van der Waals surface area contributed by atoms with Crippen LogP contribution in [0.15, 0.2) is 28.2 Å². The summed E-state index contributed by atoms with van der Waals surface area (Å²) in [5.41, 5.74) is 10.3. The number of carbonyl (C=O) groups excluding carboxylic acids is 1. The number of aromatic nitrogens is 1. The Bertz CT molecular complexity index is 1230. The fourth-order valence-electron chi connectivity index (χ4n) is 5.43. The molecule has 2 aliphatic rings. The van der Waals surface area contributed by atoms with Gasteiger partial charge in [-0.2, -0.15) is 0 Å². The highest BCUT2D eigenvalue weighted by Gasteiger charge is 2.26. The maximum Gasteiger partial charge on any atom is 0.280 e. The molecule has 2 heterocycles. The first-order valence-electron chi connectivity index (χ1n) is 14.8. The quantitative estimate of drug-likeness (QED) is 0.280. The van der Waals surface area contributed by atoms with E-state index >= 15 is 0 Å². The van der Waals surface area contributed by atoms with Crippen LogP contribution in [0.1, 0.15) is 115 Å². The third kappa shape index (κ3) is 8.23. The van der Waals surface area contributed by atoms with E-state index in [-0.39, 0.29) is 24.3 Å². The monoisotopic (exact) mass is 567 g/mol. The molecule has 0 atom stereocenters. The van der Waals surface area contributed by atoms with Gasteiger partial charge >= 0.3 is 0 Å². The van der Waals surface area contributed by atoms with Gasteiger partial charge in [0.25, 0.3) is 5.91 Å². The molecular weight excluding hydrogens is 518 g/mol. The van der Waals surface area contributed by atoms with Crippen LogP contribution in [0.2, 0.25) is 0 Å². The van der Waals surface area contributed by atoms with Gasteiger partial charge in [0.2, 0.25) is 0 Å². The Hall–Kier alpha value is -2.58. The number of nitrogens with two attached hydrogens (primary N) is 1. The predicted molar refractivity (Wildman–Crippen MR) is 169 cm³/mol. The average Bonchev–Trinajstić information content (AvgIpc) is 3.32. The number of hydrogen-bond acceptors (Lipinski definition) is 5. The van der Waals surface area contributed by atoms with Crippen LogP contribution in [0.4, 0.5) is 0 Å². The molecule has 8 heteroatoms. The van der Waals surface area contributed by atoms with Crippen molar-refractivity contribution in [3.8, 4) is 10.4 Å². The molecule has 1 aromatic carbocycles. The molecule has 7 nitrogen and oxygen atoms in total. The number of aliphatic imine (C=N–C) groups is 2. The van der Waals surface area contributed by atoms with Crippen molar-refractivity contribution in [1.29, 1.82) is 0 Å². The summed E-state index contributed by atoms with van der Waals surface area (Å²) in [6.45, 7) is 14.0. The van der Waals surface area contributed by atoms with Crippen LogP contribution in [0.3, 0.4) is 0 Å². The van der Waals surface area contributed by atoms with Crippen LogP contribution in [0.25, 0.3) is 10.4 Å². The molecule has 40 heavy (non-hydrogen) atoms. The maximum absolute atomic E-state index is 13.3. The van der Waals surface area contributed by atoms with Crippen molar-refractivity contribution in [2.75, 3.05) is 13.2 Å². The first-order valence-corrected chi connectivity index (χ1v) is 15.6. The zero-order valence-corrected chi connectivity index (χ0v) is 26.0. The standard InChI is InChI=1S/C32H47N5O2S.H2/c1-31(2,3)25-19-22(12-13-24(25)28(33)34-20-35-32(4,5)6)27-26(18-21-10-8-7-9-11-21)37-30(40-27)29(38)36-23-14-16-39-17-15-23;/h12-13,19-21,23H,7-11,14-18H2,1-6H3,(H,36,38)(H2,33,34,35);1H. The second-order valence-electron chi connectivity index (χ2n) is 13.3. The van der Waals surface area contributed by atoms with Crippen LogP contribution < -0.4 is 11.1 Å². The fourth-order valence-corrected chi connectivity index (χ4v) is 6.42. The zero-order valence-electron chi connectivity index (χ0n) is 25.2. The summed E-state index contributed by atoms with van der Waals surface area (Å²) >= 11 is 1.51. The first kappa shape index (κ1) is 30.4. The third-order valence-corrected chi connectivity index (χ3v) is 8.81. The highest BCUT2D eigenvalue weighted by atomic mass is 32.1. The molecule has 2 fully saturated rings. The minimum absolute atomic E-state index is 0. The zero-order chi connectivity index (χ0) is 28.9. The summed E-state index contributed by atoms with van der Waals surface area (Å²) in [5, 5.41) is 3.75. The molecule has 0 bridgehead atoms. The normalized spacial score (nSPS) is 18.4. The summed E-state index contributed by atoms with van der Waals surface area (Å²) in [7, 11) is 0. The predicted octanol–water partition coefficient (Wildman–Crippen LogP) is 6.92. The van der Waals surface area contributed by atoms with Gasteiger partial charge in [-0.15, -0.1) is 11.3 Å². The van der Waals surface area contributed by atoms with Crippen LogP contribution in [-0.4, -0.2) is 47.9 Å². The van der Waals surface area contributed by atoms with Crippen LogP contribution in [-0.2, 0) is 16.6 Å². The van der Waals surface area contributed by atoms with E-state index in [9.17, 15) is 4.79 Å². The molecule has 0 radical (unpaired) electrons. The second kappa shape index (κ2) is 12.9. The highest BCUT2D eigenvalue weighted by Crippen LogP contribution is 2.38. The molecule has 1 saturated carbocycles. The van der Waals surface area contributed by atoms with Gasteiger partial charge in [0.15, 0.2) is 5.01 Å². The van der Waals surface area contributed by atoms with E-state index in [4.69, 9.17) is 15.5 Å². The van der Waals surface area contributed by atoms with Crippen molar-refractivity contribution >= 4 is 29.4 Å². The van der Waals surface area contributed by atoms with E-state index in [1.807, 2.05) is 20.8 Å². The van der Waals surface area contributed by atoms with Crippen molar-refractivity contribution in [2.24, 2.45) is 21.6 Å². The number of thiazole rings is 1. The summed E-state index contributed by atoms with van der Waals surface area (Å²) in [4.78, 5) is 28.3. The number of nitrogens with one attached hydrogen (secondary N) is 1. The van der Waals surface area contributed by atoms with E-state index in [1.54, 1.807) is 6.34 Å². The SMILES string of the molecule is CC(C)(C)N=CN=C(N)c1ccc(-c2sc(C(=O)NC3CCOCC3)nc2CC2CCCCC2)cc1C(C)(C)C.[HH]. The first-order chi connectivity index (χ1) is 18.9.